The number of hydrogen-bond donors (Lipinski definition) is 0. The average molecular weight is 284 g/mol. The van der Waals surface area contributed by atoms with Crippen LogP contribution in [-0.4, -0.2) is 19.5 Å². The lowest BCUT2D eigenvalue weighted by Crippen LogP contribution is -2.02. The molecule has 0 bridgehead atoms. The highest BCUT2D eigenvalue weighted by Crippen LogP contribution is 2.15. The molecule has 0 atom stereocenters. The molecular formula is C18H20O3. The van der Waals surface area contributed by atoms with Crippen molar-refractivity contribution in [2.45, 2.75) is 19.8 Å². The van der Waals surface area contributed by atoms with Gasteiger partial charge >= 0.3 is 0 Å². The van der Waals surface area contributed by atoms with Crippen LogP contribution < -0.4 is 9.47 Å². The number of hydrogen-bond acceptors (Lipinski definition) is 3. The predicted molar refractivity (Wildman–Crippen MR) is 83.0 cm³/mol. The van der Waals surface area contributed by atoms with Crippen molar-refractivity contribution in [1.29, 1.82) is 0 Å². The molecule has 0 amide bonds. The smallest absolute Gasteiger partial charge is 0.134 e. The minimum Gasteiger partial charge on any atom is -0.497 e. The third kappa shape index (κ3) is 4.95. The Morgan fingerprint density at radius 3 is 2.05 bits per heavy atom. The SMILES string of the molecule is COc1ccc(CCOc2ccc(CC(C)=O)cc2)cc1. The highest BCUT2D eigenvalue weighted by molar-refractivity contribution is 5.78. The van der Waals surface area contributed by atoms with Crippen LogP contribution >= 0.6 is 0 Å². The Morgan fingerprint density at radius 1 is 0.905 bits per heavy atom. The summed E-state index contributed by atoms with van der Waals surface area (Å²) >= 11 is 0. The van der Waals surface area contributed by atoms with E-state index in [9.17, 15) is 4.79 Å². The van der Waals surface area contributed by atoms with Gasteiger partial charge in [-0.25, -0.2) is 0 Å². The Hall–Kier alpha value is -2.29. The minimum absolute atomic E-state index is 0.170. The van der Waals surface area contributed by atoms with E-state index in [1.807, 2.05) is 48.5 Å². The van der Waals surface area contributed by atoms with Crippen molar-refractivity contribution >= 4 is 5.78 Å². The lowest BCUT2D eigenvalue weighted by Gasteiger charge is -2.07. The summed E-state index contributed by atoms with van der Waals surface area (Å²) in [5, 5.41) is 0. The van der Waals surface area contributed by atoms with Gasteiger partial charge in [-0.05, 0) is 42.3 Å². The van der Waals surface area contributed by atoms with Gasteiger partial charge in [-0.2, -0.15) is 0 Å². The average Bonchev–Trinajstić information content (AvgIpc) is 2.49. The molecule has 0 heterocycles. The van der Waals surface area contributed by atoms with Crippen molar-refractivity contribution < 1.29 is 14.3 Å². The Morgan fingerprint density at radius 2 is 1.48 bits per heavy atom. The van der Waals surface area contributed by atoms with Crippen LogP contribution in [0.15, 0.2) is 48.5 Å². The maximum atomic E-state index is 11.0. The number of carbonyl (C=O) groups is 1. The largest absolute Gasteiger partial charge is 0.497 e. The van der Waals surface area contributed by atoms with Crippen LogP contribution in [-0.2, 0) is 17.6 Å². The third-order valence-electron chi connectivity index (χ3n) is 3.19. The molecule has 0 saturated carbocycles. The Kier molecular flexibility index (Phi) is 5.38. The van der Waals surface area contributed by atoms with Gasteiger partial charge in [-0.15, -0.1) is 0 Å². The van der Waals surface area contributed by atoms with Crippen LogP contribution in [0.4, 0.5) is 0 Å². The van der Waals surface area contributed by atoms with Crippen molar-refractivity contribution in [1.82, 2.24) is 0 Å². The predicted octanol–water partition coefficient (Wildman–Crippen LogP) is 3.45. The van der Waals surface area contributed by atoms with E-state index in [1.165, 1.54) is 5.56 Å². The van der Waals surface area contributed by atoms with Gasteiger partial charge in [0.05, 0.1) is 13.7 Å². The van der Waals surface area contributed by atoms with Gasteiger partial charge in [-0.3, -0.25) is 4.79 Å². The Bertz CT molecular complexity index is 570. The molecule has 0 aliphatic rings. The molecule has 0 N–H and O–H groups in total. The van der Waals surface area contributed by atoms with Gasteiger partial charge < -0.3 is 9.47 Å². The maximum absolute atomic E-state index is 11.0. The van der Waals surface area contributed by atoms with Crippen molar-refractivity contribution in [2.24, 2.45) is 0 Å². The minimum atomic E-state index is 0.170. The fourth-order valence-corrected chi connectivity index (χ4v) is 2.07. The molecule has 0 aromatic heterocycles. The lowest BCUT2D eigenvalue weighted by molar-refractivity contribution is -0.116. The molecule has 3 nitrogen and oxygen atoms in total. The van der Waals surface area contributed by atoms with Gasteiger partial charge in [0.1, 0.15) is 17.3 Å². The zero-order valence-corrected chi connectivity index (χ0v) is 12.5. The summed E-state index contributed by atoms with van der Waals surface area (Å²) in [6, 6.07) is 15.7. The standard InChI is InChI=1S/C18H20O3/c1-14(19)13-16-5-9-18(10-6-16)21-12-11-15-3-7-17(20-2)8-4-15/h3-10H,11-13H2,1-2H3. The quantitative estimate of drug-likeness (QED) is 0.781. The summed E-state index contributed by atoms with van der Waals surface area (Å²) in [7, 11) is 1.66. The van der Waals surface area contributed by atoms with E-state index in [2.05, 4.69) is 0 Å². The summed E-state index contributed by atoms with van der Waals surface area (Å²) in [4.78, 5) is 11.0. The van der Waals surface area contributed by atoms with Crippen LogP contribution in [0.3, 0.4) is 0 Å². The van der Waals surface area contributed by atoms with Gasteiger partial charge in [0.15, 0.2) is 0 Å². The Labute approximate surface area is 125 Å². The fraction of sp³-hybridized carbons (Fsp3) is 0.278. The molecule has 0 aliphatic heterocycles. The number of methoxy groups -OCH3 is 1. The highest BCUT2D eigenvalue weighted by atomic mass is 16.5. The number of Topliss-reactive ketones (excluding diaryl/α,β-unsaturated/α-hetero) is 1. The normalized spacial score (nSPS) is 10.2. The molecule has 2 aromatic rings. The number of rotatable bonds is 7. The molecule has 21 heavy (non-hydrogen) atoms. The van der Waals surface area contributed by atoms with E-state index >= 15 is 0 Å². The maximum Gasteiger partial charge on any atom is 0.134 e. The molecular weight excluding hydrogens is 264 g/mol. The second-order valence-corrected chi connectivity index (χ2v) is 4.97. The summed E-state index contributed by atoms with van der Waals surface area (Å²) in [6.45, 7) is 2.22. The zero-order chi connectivity index (χ0) is 15.1. The first-order chi connectivity index (χ1) is 10.2. The van der Waals surface area contributed by atoms with Crippen molar-refractivity contribution in [2.75, 3.05) is 13.7 Å². The number of ether oxygens (including phenoxy) is 2. The zero-order valence-electron chi connectivity index (χ0n) is 12.5. The van der Waals surface area contributed by atoms with Crippen LogP contribution in [0.5, 0.6) is 11.5 Å². The molecule has 2 rings (SSSR count). The summed E-state index contributed by atoms with van der Waals surface area (Å²) in [5.41, 5.74) is 2.23. The molecule has 3 heteroatoms. The summed E-state index contributed by atoms with van der Waals surface area (Å²) < 4.78 is 10.8. The monoisotopic (exact) mass is 284 g/mol. The van der Waals surface area contributed by atoms with Crippen molar-refractivity contribution in [3.05, 3.63) is 59.7 Å². The fourth-order valence-electron chi connectivity index (χ4n) is 2.07. The highest BCUT2D eigenvalue weighted by Gasteiger charge is 2.00. The van der Waals surface area contributed by atoms with E-state index in [4.69, 9.17) is 9.47 Å². The molecule has 0 unspecified atom stereocenters. The molecule has 0 aliphatic carbocycles. The molecule has 0 saturated heterocycles. The molecule has 2 aromatic carbocycles. The Balaban J connectivity index is 1.81. The first kappa shape index (κ1) is 15.1. The van der Waals surface area contributed by atoms with Crippen LogP contribution in [0, 0.1) is 0 Å². The molecule has 0 fully saturated rings. The summed E-state index contributed by atoms with van der Waals surface area (Å²) in [6.07, 6.45) is 1.32. The number of ketones is 1. The number of benzene rings is 2. The lowest BCUT2D eigenvalue weighted by atomic mass is 10.1. The van der Waals surface area contributed by atoms with Gasteiger partial charge in [0.25, 0.3) is 0 Å². The van der Waals surface area contributed by atoms with Gasteiger partial charge in [0, 0.05) is 12.8 Å². The second-order valence-electron chi connectivity index (χ2n) is 4.97. The van der Waals surface area contributed by atoms with Crippen LogP contribution in [0.2, 0.25) is 0 Å². The molecule has 0 radical (unpaired) electrons. The molecule has 0 spiro atoms. The first-order valence-corrected chi connectivity index (χ1v) is 7.01. The van der Waals surface area contributed by atoms with E-state index in [-0.39, 0.29) is 5.78 Å². The van der Waals surface area contributed by atoms with Crippen molar-refractivity contribution in [3.8, 4) is 11.5 Å². The first-order valence-electron chi connectivity index (χ1n) is 7.01. The van der Waals surface area contributed by atoms with Gasteiger partial charge in [-0.1, -0.05) is 24.3 Å². The third-order valence-corrected chi connectivity index (χ3v) is 3.19. The van der Waals surface area contributed by atoms with Crippen LogP contribution in [0.25, 0.3) is 0 Å². The van der Waals surface area contributed by atoms with Gasteiger partial charge in [0.2, 0.25) is 0 Å². The van der Waals surface area contributed by atoms with E-state index in [1.54, 1.807) is 14.0 Å². The second kappa shape index (κ2) is 7.48. The topological polar surface area (TPSA) is 35.5 Å². The van der Waals surface area contributed by atoms with Crippen LogP contribution in [0.1, 0.15) is 18.1 Å². The van der Waals surface area contributed by atoms with E-state index in [0.717, 1.165) is 23.5 Å². The number of carbonyl (C=O) groups excluding carboxylic acids is 1. The van der Waals surface area contributed by atoms with E-state index < -0.39 is 0 Å². The summed E-state index contributed by atoms with van der Waals surface area (Å²) in [5.74, 6) is 1.86. The molecule has 110 valence electrons. The van der Waals surface area contributed by atoms with E-state index in [0.29, 0.717) is 13.0 Å². The van der Waals surface area contributed by atoms with Crippen molar-refractivity contribution in [3.63, 3.8) is 0 Å².